The van der Waals surface area contributed by atoms with Gasteiger partial charge < -0.3 is 4.74 Å². The second-order valence-electron chi connectivity index (χ2n) is 8.18. The number of sulfone groups is 2. The maximum Gasteiger partial charge on any atom is 0.261 e. The van der Waals surface area contributed by atoms with Crippen molar-refractivity contribution in [2.75, 3.05) is 56.3 Å². The van der Waals surface area contributed by atoms with E-state index < -0.39 is 25.6 Å². The molecule has 0 atom stereocenters. The summed E-state index contributed by atoms with van der Waals surface area (Å²) in [6.07, 6.45) is 1.12. The molecule has 196 valence electrons. The molecule has 2 heterocycles. The second-order valence-corrected chi connectivity index (χ2v) is 13.4. The van der Waals surface area contributed by atoms with E-state index in [0.29, 0.717) is 35.1 Å². The average molecular weight is 574 g/mol. The number of halogens is 1. The summed E-state index contributed by atoms with van der Waals surface area (Å²) in [7, 11) is -7.18. The van der Waals surface area contributed by atoms with E-state index in [2.05, 4.69) is 9.88 Å². The largest absolute Gasteiger partial charge is 0.379 e. The Morgan fingerprint density at radius 3 is 2.39 bits per heavy atom. The van der Waals surface area contributed by atoms with Crippen LogP contribution in [0.5, 0.6) is 0 Å². The normalized spacial score (nSPS) is 14.9. The molecule has 1 aliphatic rings. The Bertz CT molecular complexity index is 1450. The molecule has 1 saturated heterocycles. The average Bonchev–Trinajstić information content (AvgIpc) is 3.28. The monoisotopic (exact) mass is 573 g/mol. The summed E-state index contributed by atoms with van der Waals surface area (Å²) in [6.45, 7) is 4.98. The lowest BCUT2D eigenvalue weighted by Gasteiger charge is -2.29. The molecule has 0 saturated carbocycles. The number of thiazole rings is 1. The van der Waals surface area contributed by atoms with Gasteiger partial charge in [0.15, 0.2) is 24.8 Å². The van der Waals surface area contributed by atoms with Crippen LogP contribution >= 0.6 is 23.7 Å². The van der Waals surface area contributed by atoms with E-state index in [4.69, 9.17) is 4.74 Å². The molecule has 13 heteroatoms. The number of carbonyl (C=O) groups is 1. The van der Waals surface area contributed by atoms with Crippen molar-refractivity contribution in [1.82, 2.24) is 9.88 Å². The van der Waals surface area contributed by atoms with E-state index in [1.165, 1.54) is 41.4 Å². The molecule has 9 nitrogen and oxygen atoms in total. The number of fused-ring (bicyclic) bond motifs is 1. The molecule has 2 aromatic carbocycles. The summed E-state index contributed by atoms with van der Waals surface area (Å²) in [5.74, 6) is -0.630. The number of benzene rings is 2. The van der Waals surface area contributed by atoms with Crippen LogP contribution in [0.3, 0.4) is 0 Å². The highest BCUT2D eigenvalue weighted by Gasteiger charge is 2.28. The van der Waals surface area contributed by atoms with Gasteiger partial charge >= 0.3 is 0 Å². The zero-order valence-corrected chi connectivity index (χ0v) is 23.2. The van der Waals surface area contributed by atoms with Crippen molar-refractivity contribution < 1.29 is 26.4 Å². The van der Waals surface area contributed by atoms with Crippen LogP contribution in [-0.2, 0) is 24.4 Å². The summed E-state index contributed by atoms with van der Waals surface area (Å²) in [4.78, 5) is 22.1. The number of aromatic nitrogens is 1. The van der Waals surface area contributed by atoms with Crippen molar-refractivity contribution in [2.45, 2.75) is 16.7 Å². The molecule has 0 spiro atoms. The molecule has 0 N–H and O–H groups in total. The van der Waals surface area contributed by atoms with E-state index in [0.717, 1.165) is 19.3 Å². The SMILES string of the molecule is CCS(=O)(=O)c1ccccc1C(=O)N(CCN1CCOCC1)c1nc2c(S(C)(=O)=O)cccc2s1.Cl. The molecule has 0 radical (unpaired) electrons. The Morgan fingerprint density at radius 1 is 1.06 bits per heavy atom. The predicted octanol–water partition coefficient (Wildman–Crippen LogP) is 2.89. The smallest absolute Gasteiger partial charge is 0.261 e. The summed E-state index contributed by atoms with van der Waals surface area (Å²) in [5, 5.41) is 0.318. The fourth-order valence-corrected chi connectivity index (χ4v) is 6.89. The first-order valence-corrected chi connectivity index (χ1v) is 15.5. The van der Waals surface area contributed by atoms with Crippen LogP contribution in [0.15, 0.2) is 52.3 Å². The summed E-state index contributed by atoms with van der Waals surface area (Å²) < 4.78 is 56.1. The van der Waals surface area contributed by atoms with Gasteiger partial charge in [-0.15, -0.1) is 12.4 Å². The van der Waals surface area contributed by atoms with Crippen molar-refractivity contribution in [1.29, 1.82) is 0 Å². The molecule has 1 aliphatic heterocycles. The summed E-state index contributed by atoms with van der Waals surface area (Å²) >= 11 is 1.20. The van der Waals surface area contributed by atoms with Crippen molar-refractivity contribution in [3.63, 3.8) is 0 Å². The van der Waals surface area contributed by atoms with E-state index in [9.17, 15) is 21.6 Å². The van der Waals surface area contributed by atoms with Gasteiger partial charge in [-0.2, -0.15) is 0 Å². The predicted molar refractivity (Wildman–Crippen MR) is 143 cm³/mol. The van der Waals surface area contributed by atoms with E-state index >= 15 is 0 Å². The lowest BCUT2D eigenvalue weighted by molar-refractivity contribution is 0.0391. The number of para-hydroxylation sites is 1. The Labute approximate surface area is 221 Å². The Balaban J connectivity index is 0.00000361. The van der Waals surface area contributed by atoms with Crippen LogP contribution in [0, 0.1) is 0 Å². The standard InChI is InChI=1S/C23H27N3O6S3.ClH/c1-3-35(30,31)19-9-5-4-7-17(19)22(27)26(12-11-25-13-15-32-16-14-25)23-24-21-18(33-23)8-6-10-20(21)34(2,28)29;/h4-10H,3,11-16H2,1-2H3;1H. The van der Waals surface area contributed by atoms with Crippen molar-refractivity contribution in [3.8, 4) is 0 Å². The number of carbonyl (C=O) groups excluding carboxylic acids is 1. The maximum absolute atomic E-state index is 13.8. The van der Waals surface area contributed by atoms with Gasteiger partial charge in [-0.1, -0.05) is 36.5 Å². The molecule has 3 aromatic rings. The maximum atomic E-state index is 13.8. The second kappa shape index (κ2) is 11.5. The van der Waals surface area contributed by atoms with Crippen molar-refractivity contribution >= 4 is 64.7 Å². The topological polar surface area (TPSA) is 114 Å². The van der Waals surface area contributed by atoms with Crippen LogP contribution in [0.25, 0.3) is 10.2 Å². The third-order valence-corrected chi connectivity index (χ3v) is 9.78. The Hall–Kier alpha value is -2.09. The molecule has 1 aromatic heterocycles. The number of morpholine rings is 1. The van der Waals surface area contributed by atoms with Crippen LogP contribution in [-0.4, -0.2) is 84.0 Å². The fraction of sp³-hybridized carbons (Fsp3) is 0.391. The zero-order chi connectivity index (χ0) is 25.2. The fourth-order valence-electron chi connectivity index (χ4n) is 3.89. The number of rotatable bonds is 8. The minimum absolute atomic E-state index is 0. The van der Waals surface area contributed by atoms with Gasteiger partial charge in [0, 0.05) is 32.4 Å². The third-order valence-electron chi connectivity index (χ3n) is 5.82. The lowest BCUT2D eigenvalue weighted by Crippen LogP contribution is -2.43. The number of ether oxygens (including phenoxy) is 1. The number of hydrogen-bond acceptors (Lipinski definition) is 9. The first-order chi connectivity index (χ1) is 16.6. The highest BCUT2D eigenvalue weighted by molar-refractivity contribution is 7.91. The number of hydrogen-bond donors (Lipinski definition) is 0. The van der Waals surface area contributed by atoms with Crippen LogP contribution in [0.1, 0.15) is 17.3 Å². The summed E-state index contributed by atoms with van der Waals surface area (Å²) in [5.41, 5.74) is 0.368. The molecule has 0 aliphatic carbocycles. The van der Waals surface area contributed by atoms with Gasteiger partial charge in [-0.3, -0.25) is 14.6 Å². The first kappa shape index (κ1) is 28.5. The van der Waals surface area contributed by atoms with Crippen LogP contribution in [0.4, 0.5) is 5.13 Å². The summed E-state index contributed by atoms with van der Waals surface area (Å²) in [6, 6.07) is 11.0. The number of amides is 1. The molecule has 1 amide bonds. The van der Waals surface area contributed by atoms with E-state index in [1.807, 2.05) is 0 Å². The molecule has 1 fully saturated rings. The molecular formula is C23H28ClN3O6S3. The lowest BCUT2D eigenvalue weighted by atomic mass is 10.2. The highest BCUT2D eigenvalue weighted by Crippen LogP contribution is 2.34. The minimum Gasteiger partial charge on any atom is -0.379 e. The quantitative estimate of drug-likeness (QED) is 0.404. The number of nitrogens with zero attached hydrogens (tertiary/aromatic N) is 3. The zero-order valence-electron chi connectivity index (χ0n) is 19.9. The highest BCUT2D eigenvalue weighted by atomic mass is 35.5. The van der Waals surface area contributed by atoms with Gasteiger partial charge in [-0.05, 0) is 24.3 Å². The van der Waals surface area contributed by atoms with Crippen LogP contribution < -0.4 is 4.90 Å². The third kappa shape index (κ3) is 6.06. The minimum atomic E-state index is -3.65. The van der Waals surface area contributed by atoms with Gasteiger partial charge in [0.05, 0.1) is 39.0 Å². The molecule has 36 heavy (non-hydrogen) atoms. The molecule has 4 rings (SSSR count). The molecule has 0 unspecified atom stereocenters. The van der Waals surface area contributed by atoms with Gasteiger partial charge in [0.2, 0.25) is 0 Å². The van der Waals surface area contributed by atoms with Gasteiger partial charge in [0.25, 0.3) is 5.91 Å². The first-order valence-electron chi connectivity index (χ1n) is 11.1. The van der Waals surface area contributed by atoms with E-state index in [1.54, 1.807) is 24.3 Å². The van der Waals surface area contributed by atoms with Gasteiger partial charge in [-0.25, -0.2) is 21.8 Å². The van der Waals surface area contributed by atoms with Crippen molar-refractivity contribution in [2.24, 2.45) is 0 Å². The van der Waals surface area contributed by atoms with E-state index in [-0.39, 0.29) is 40.1 Å². The number of anilines is 1. The Kier molecular flexibility index (Phi) is 9.12. The Morgan fingerprint density at radius 2 is 1.72 bits per heavy atom. The van der Waals surface area contributed by atoms with Crippen LogP contribution in [0.2, 0.25) is 0 Å². The molecule has 0 bridgehead atoms. The molecular weight excluding hydrogens is 546 g/mol. The van der Waals surface area contributed by atoms with Gasteiger partial charge in [0.1, 0.15) is 5.52 Å². The van der Waals surface area contributed by atoms with Crippen molar-refractivity contribution in [3.05, 3.63) is 48.0 Å².